The molecule has 5 rings (SSSR count). The van der Waals surface area contributed by atoms with Gasteiger partial charge in [-0.1, -0.05) is 19.1 Å². The van der Waals surface area contributed by atoms with Crippen LogP contribution in [-0.2, 0) is 0 Å². The van der Waals surface area contributed by atoms with Gasteiger partial charge < -0.3 is 16.0 Å². The summed E-state index contributed by atoms with van der Waals surface area (Å²) in [7, 11) is 0. The van der Waals surface area contributed by atoms with E-state index >= 15 is 0 Å². The van der Waals surface area contributed by atoms with Crippen molar-refractivity contribution in [2.75, 3.05) is 23.3 Å². The Kier molecular flexibility index (Phi) is 4.99. The van der Waals surface area contributed by atoms with E-state index < -0.39 is 0 Å². The number of aromatic nitrogens is 4. The second-order valence-corrected chi connectivity index (χ2v) is 8.14. The van der Waals surface area contributed by atoms with Gasteiger partial charge in [-0.05, 0) is 42.7 Å². The Balaban J connectivity index is 1.50. The number of piperidine rings is 1. The Hall–Kier alpha value is -3.52. The lowest BCUT2D eigenvalue weighted by molar-refractivity contribution is 0.402. The van der Waals surface area contributed by atoms with Gasteiger partial charge in [0.25, 0.3) is 0 Å². The first-order valence-electron chi connectivity index (χ1n) is 10.4. The molecule has 8 heteroatoms. The molecule has 4 aromatic rings. The molecule has 0 aliphatic carbocycles. The minimum atomic E-state index is -0.311. The van der Waals surface area contributed by atoms with Crippen LogP contribution in [0, 0.1) is 11.7 Å². The molecule has 1 aliphatic rings. The molecule has 1 fully saturated rings. The van der Waals surface area contributed by atoms with Gasteiger partial charge in [0, 0.05) is 30.9 Å². The van der Waals surface area contributed by atoms with E-state index in [2.05, 4.69) is 32.2 Å². The number of hydrogen-bond acceptors (Lipinski definition) is 6. The van der Waals surface area contributed by atoms with Crippen LogP contribution in [0.2, 0.25) is 0 Å². The first-order chi connectivity index (χ1) is 15.1. The minimum Gasteiger partial charge on any atom is -0.368 e. The standard InChI is InChI=1S/C23H24FN7/c1-15-10-16(25)14-30(13-15)22-8-9-26-12-21(22)28-23-27-11-17-6-7-20(29-31(17)23)18-4-2-3-5-19(18)24/h2-9,11-12,15-16H,10,13-14,25H2,1H3,(H,27,28)/t15-,16+/m0/s1. The molecule has 7 nitrogen and oxygen atoms in total. The number of rotatable bonds is 4. The van der Waals surface area contributed by atoms with Gasteiger partial charge in [-0.2, -0.15) is 9.61 Å². The highest BCUT2D eigenvalue weighted by Crippen LogP contribution is 2.31. The molecule has 4 heterocycles. The highest BCUT2D eigenvalue weighted by molar-refractivity contribution is 5.74. The third-order valence-electron chi connectivity index (χ3n) is 5.61. The number of nitrogens with one attached hydrogen (secondary N) is 1. The van der Waals surface area contributed by atoms with Gasteiger partial charge in [0.15, 0.2) is 0 Å². The molecule has 2 atom stereocenters. The van der Waals surface area contributed by atoms with Crippen LogP contribution in [0.25, 0.3) is 16.8 Å². The molecule has 0 bridgehead atoms. The van der Waals surface area contributed by atoms with Crippen LogP contribution >= 0.6 is 0 Å². The number of benzene rings is 1. The Labute approximate surface area is 179 Å². The number of nitrogens with zero attached hydrogens (tertiary/aromatic N) is 5. The van der Waals surface area contributed by atoms with E-state index in [0.717, 1.165) is 36.4 Å². The zero-order chi connectivity index (χ0) is 21.4. The predicted molar refractivity (Wildman–Crippen MR) is 120 cm³/mol. The van der Waals surface area contributed by atoms with E-state index in [0.29, 0.717) is 23.1 Å². The van der Waals surface area contributed by atoms with Crippen molar-refractivity contribution in [2.45, 2.75) is 19.4 Å². The molecular weight excluding hydrogens is 393 g/mol. The lowest BCUT2D eigenvalue weighted by atomic mass is 9.96. The lowest BCUT2D eigenvalue weighted by Crippen LogP contribution is -2.46. The fourth-order valence-corrected chi connectivity index (χ4v) is 4.26. The smallest absolute Gasteiger partial charge is 0.229 e. The number of pyridine rings is 1. The van der Waals surface area contributed by atoms with E-state index in [1.54, 1.807) is 47.4 Å². The first kappa shape index (κ1) is 19.4. The predicted octanol–water partition coefficient (Wildman–Crippen LogP) is 3.85. The quantitative estimate of drug-likeness (QED) is 0.525. The minimum absolute atomic E-state index is 0.141. The normalized spacial score (nSPS) is 19.0. The molecule has 31 heavy (non-hydrogen) atoms. The highest BCUT2D eigenvalue weighted by Gasteiger charge is 2.24. The number of nitrogens with two attached hydrogens (primary N) is 1. The summed E-state index contributed by atoms with van der Waals surface area (Å²) in [5.41, 5.74) is 9.91. The molecule has 0 amide bonds. The maximum Gasteiger partial charge on any atom is 0.229 e. The number of halogens is 1. The van der Waals surface area contributed by atoms with Crippen molar-refractivity contribution in [1.82, 2.24) is 19.6 Å². The Morgan fingerprint density at radius 3 is 2.81 bits per heavy atom. The van der Waals surface area contributed by atoms with Crippen molar-refractivity contribution in [3.05, 3.63) is 66.9 Å². The van der Waals surface area contributed by atoms with Crippen molar-refractivity contribution >= 4 is 22.8 Å². The SMILES string of the molecule is C[C@H]1C[C@@H](N)CN(c2ccncc2Nc2ncc3ccc(-c4ccccc4F)nn23)C1. The lowest BCUT2D eigenvalue weighted by Gasteiger charge is -2.37. The summed E-state index contributed by atoms with van der Waals surface area (Å²) < 4.78 is 15.9. The zero-order valence-electron chi connectivity index (χ0n) is 17.2. The van der Waals surface area contributed by atoms with Crippen LogP contribution in [0.1, 0.15) is 13.3 Å². The summed E-state index contributed by atoms with van der Waals surface area (Å²) in [5, 5.41) is 7.99. The van der Waals surface area contributed by atoms with Crippen LogP contribution < -0.4 is 16.0 Å². The van der Waals surface area contributed by atoms with Crippen molar-refractivity contribution in [2.24, 2.45) is 11.7 Å². The van der Waals surface area contributed by atoms with E-state index in [-0.39, 0.29) is 11.9 Å². The zero-order valence-corrected chi connectivity index (χ0v) is 17.2. The third kappa shape index (κ3) is 3.82. The van der Waals surface area contributed by atoms with Gasteiger partial charge in [0.05, 0.1) is 35.0 Å². The van der Waals surface area contributed by atoms with Crippen molar-refractivity contribution in [1.29, 1.82) is 0 Å². The van der Waals surface area contributed by atoms with Crippen LogP contribution in [0.4, 0.5) is 21.7 Å². The van der Waals surface area contributed by atoms with E-state index in [4.69, 9.17) is 5.73 Å². The Morgan fingerprint density at radius 1 is 1.10 bits per heavy atom. The number of imidazole rings is 1. The maximum atomic E-state index is 14.3. The van der Waals surface area contributed by atoms with Gasteiger partial charge in [-0.15, -0.1) is 0 Å². The Morgan fingerprint density at radius 2 is 1.97 bits per heavy atom. The molecule has 1 aromatic carbocycles. The molecule has 3 aromatic heterocycles. The van der Waals surface area contributed by atoms with Crippen molar-refractivity contribution in [3.8, 4) is 11.3 Å². The topological polar surface area (TPSA) is 84.4 Å². The molecule has 1 saturated heterocycles. The summed E-state index contributed by atoms with van der Waals surface area (Å²) in [6, 6.07) is 12.4. The van der Waals surface area contributed by atoms with E-state index in [9.17, 15) is 4.39 Å². The number of fused-ring (bicyclic) bond motifs is 1. The van der Waals surface area contributed by atoms with Gasteiger partial charge in [0.2, 0.25) is 5.95 Å². The monoisotopic (exact) mass is 417 g/mol. The van der Waals surface area contributed by atoms with Crippen LogP contribution in [0.3, 0.4) is 0 Å². The van der Waals surface area contributed by atoms with Gasteiger partial charge in [-0.3, -0.25) is 4.98 Å². The van der Waals surface area contributed by atoms with Crippen LogP contribution in [0.5, 0.6) is 0 Å². The average molecular weight is 417 g/mol. The molecular formula is C23H24FN7. The summed E-state index contributed by atoms with van der Waals surface area (Å²) >= 11 is 0. The van der Waals surface area contributed by atoms with Crippen molar-refractivity contribution < 1.29 is 4.39 Å². The maximum absolute atomic E-state index is 14.3. The van der Waals surface area contributed by atoms with Crippen molar-refractivity contribution in [3.63, 3.8) is 0 Å². The number of anilines is 3. The second kappa shape index (κ2) is 7.96. The third-order valence-corrected chi connectivity index (χ3v) is 5.61. The van der Waals surface area contributed by atoms with Gasteiger partial charge >= 0.3 is 0 Å². The summed E-state index contributed by atoms with van der Waals surface area (Å²) in [4.78, 5) is 11.1. The van der Waals surface area contributed by atoms with Gasteiger partial charge in [-0.25, -0.2) is 9.37 Å². The molecule has 0 radical (unpaired) electrons. The summed E-state index contributed by atoms with van der Waals surface area (Å²) in [6.45, 7) is 3.95. The summed E-state index contributed by atoms with van der Waals surface area (Å²) in [5.74, 6) is 0.743. The number of hydrogen-bond donors (Lipinski definition) is 2. The highest BCUT2D eigenvalue weighted by atomic mass is 19.1. The Bertz CT molecular complexity index is 1210. The second-order valence-electron chi connectivity index (χ2n) is 8.14. The average Bonchev–Trinajstić information content (AvgIpc) is 3.16. The van der Waals surface area contributed by atoms with Gasteiger partial charge in [0.1, 0.15) is 5.82 Å². The van der Waals surface area contributed by atoms with E-state index in [1.807, 2.05) is 12.1 Å². The van der Waals surface area contributed by atoms with Crippen LogP contribution in [0.15, 0.2) is 61.1 Å². The van der Waals surface area contributed by atoms with Crippen LogP contribution in [-0.4, -0.2) is 38.7 Å². The molecule has 0 unspecified atom stereocenters. The molecule has 1 aliphatic heterocycles. The largest absolute Gasteiger partial charge is 0.368 e. The molecule has 158 valence electrons. The summed E-state index contributed by atoms with van der Waals surface area (Å²) in [6.07, 6.45) is 6.32. The fourth-order valence-electron chi connectivity index (χ4n) is 4.26. The first-order valence-corrected chi connectivity index (χ1v) is 10.4. The fraction of sp³-hybridized carbons (Fsp3) is 0.261. The molecule has 3 N–H and O–H groups in total. The van der Waals surface area contributed by atoms with E-state index in [1.165, 1.54) is 6.07 Å². The molecule has 0 spiro atoms. The molecule has 0 saturated carbocycles.